The predicted octanol–water partition coefficient (Wildman–Crippen LogP) is 3.11. The first-order valence-electron chi connectivity index (χ1n) is 5.27. The molecule has 0 fully saturated rings. The minimum atomic E-state index is -0.484. The quantitative estimate of drug-likeness (QED) is 0.707. The summed E-state index contributed by atoms with van der Waals surface area (Å²) >= 11 is 0. The van der Waals surface area contributed by atoms with Gasteiger partial charge in [-0.2, -0.15) is 0 Å². The molecule has 14 heavy (non-hydrogen) atoms. The fourth-order valence-electron chi connectivity index (χ4n) is 1.29. The fourth-order valence-corrected chi connectivity index (χ4v) is 1.29. The van der Waals surface area contributed by atoms with Crippen molar-refractivity contribution in [1.29, 1.82) is 0 Å². The van der Waals surface area contributed by atoms with Crippen molar-refractivity contribution in [2.24, 2.45) is 5.41 Å². The monoisotopic (exact) mass is 200 g/mol. The van der Waals surface area contributed by atoms with Gasteiger partial charge in [0, 0.05) is 0 Å². The lowest BCUT2D eigenvalue weighted by molar-refractivity contribution is 0.0492. The van der Waals surface area contributed by atoms with Crippen molar-refractivity contribution in [2.45, 2.75) is 60.2 Å². The molecule has 2 nitrogen and oxygen atoms in total. The van der Waals surface area contributed by atoms with E-state index in [2.05, 4.69) is 20.8 Å². The maximum Gasteiger partial charge on any atom is 0.121 e. The van der Waals surface area contributed by atoms with Crippen molar-refractivity contribution >= 4 is 0 Å². The molecule has 0 radical (unpaired) electrons. The van der Waals surface area contributed by atoms with Crippen LogP contribution in [0.2, 0.25) is 0 Å². The molecule has 0 aliphatic carbocycles. The second-order valence-corrected chi connectivity index (χ2v) is 5.14. The molecular formula is C12H24O2. The summed E-state index contributed by atoms with van der Waals surface area (Å²) in [5, 5.41) is 9.90. The number of rotatable bonds is 4. The lowest BCUT2D eigenvalue weighted by atomic mass is 9.88. The van der Waals surface area contributed by atoms with E-state index in [1.807, 2.05) is 26.8 Å². The van der Waals surface area contributed by atoms with E-state index < -0.39 is 6.10 Å². The highest BCUT2D eigenvalue weighted by molar-refractivity contribution is 4.99. The maximum absolute atomic E-state index is 9.90. The molecule has 1 unspecified atom stereocenters. The molecule has 1 N–H and O–H groups in total. The second-order valence-electron chi connectivity index (χ2n) is 5.14. The van der Waals surface area contributed by atoms with E-state index in [0.717, 1.165) is 6.42 Å². The molecule has 0 amide bonds. The fraction of sp³-hybridized carbons (Fsp3) is 0.833. The van der Waals surface area contributed by atoms with Crippen LogP contribution in [0.15, 0.2) is 11.8 Å². The van der Waals surface area contributed by atoms with Gasteiger partial charge in [0.1, 0.15) is 11.9 Å². The second kappa shape index (κ2) is 5.40. The lowest BCUT2D eigenvalue weighted by Crippen LogP contribution is -2.22. The summed E-state index contributed by atoms with van der Waals surface area (Å²) in [4.78, 5) is 0. The summed E-state index contributed by atoms with van der Waals surface area (Å²) in [7, 11) is 0. The van der Waals surface area contributed by atoms with Crippen LogP contribution in [0.4, 0.5) is 0 Å². The Kier molecular flexibility index (Phi) is 5.21. The molecule has 0 bridgehead atoms. The van der Waals surface area contributed by atoms with Crippen LogP contribution in [0.5, 0.6) is 0 Å². The molecule has 1 atom stereocenters. The average molecular weight is 200 g/mol. The van der Waals surface area contributed by atoms with Gasteiger partial charge in [-0.05, 0) is 38.7 Å². The van der Waals surface area contributed by atoms with Gasteiger partial charge in [0.15, 0.2) is 0 Å². The first kappa shape index (κ1) is 13.5. The summed E-state index contributed by atoms with van der Waals surface area (Å²) in [6.07, 6.45) is 2.20. The van der Waals surface area contributed by atoms with Crippen molar-refractivity contribution in [3.63, 3.8) is 0 Å². The predicted molar refractivity (Wildman–Crippen MR) is 60.1 cm³/mol. The molecule has 2 heteroatoms. The highest BCUT2D eigenvalue weighted by Crippen LogP contribution is 2.24. The molecule has 84 valence electrons. The van der Waals surface area contributed by atoms with E-state index in [1.54, 1.807) is 0 Å². The van der Waals surface area contributed by atoms with Crippen LogP contribution in [0, 0.1) is 5.41 Å². The average Bonchev–Trinajstić information content (AvgIpc) is 1.96. The van der Waals surface area contributed by atoms with Crippen LogP contribution in [0.25, 0.3) is 0 Å². The number of aliphatic hydroxyl groups is 1. The Bertz CT molecular complexity index is 187. The van der Waals surface area contributed by atoms with E-state index in [4.69, 9.17) is 4.74 Å². The largest absolute Gasteiger partial charge is 0.493 e. The van der Waals surface area contributed by atoms with Crippen LogP contribution >= 0.6 is 0 Å². The number of allylic oxidation sites excluding steroid dienone is 1. The van der Waals surface area contributed by atoms with Gasteiger partial charge in [0.25, 0.3) is 0 Å². The zero-order valence-corrected chi connectivity index (χ0v) is 10.3. The zero-order chi connectivity index (χ0) is 11.4. The molecule has 0 spiro atoms. The Morgan fingerprint density at radius 3 is 2.14 bits per heavy atom. The minimum Gasteiger partial charge on any atom is -0.493 e. The summed E-state index contributed by atoms with van der Waals surface area (Å²) in [6, 6.07) is 0. The van der Waals surface area contributed by atoms with Crippen molar-refractivity contribution in [3.8, 4) is 0 Å². The lowest BCUT2D eigenvalue weighted by Gasteiger charge is -2.25. The van der Waals surface area contributed by atoms with E-state index in [1.165, 1.54) is 0 Å². The van der Waals surface area contributed by atoms with Gasteiger partial charge >= 0.3 is 0 Å². The van der Waals surface area contributed by atoms with E-state index >= 15 is 0 Å². The van der Waals surface area contributed by atoms with Crippen LogP contribution in [0.1, 0.15) is 48.0 Å². The van der Waals surface area contributed by atoms with Crippen LogP contribution in [0.3, 0.4) is 0 Å². The first-order chi connectivity index (χ1) is 6.26. The Hall–Kier alpha value is -0.500. The van der Waals surface area contributed by atoms with Gasteiger partial charge in [0.2, 0.25) is 0 Å². The molecule has 0 saturated carbocycles. The minimum absolute atomic E-state index is 0.119. The van der Waals surface area contributed by atoms with Crippen LogP contribution < -0.4 is 0 Å². The molecule has 0 aromatic heterocycles. The Balaban J connectivity index is 4.27. The van der Waals surface area contributed by atoms with Gasteiger partial charge < -0.3 is 9.84 Å². The first-order valence-corrected chi connectivity index (χ1v) is 5.27. The molecule has 0 rings (SSSR count). The van der Waals surface area contributed by atoms with E-state index in [-0.39, 0.29) is 11.5 Å². The number of hydrogen-bond donors (Lipinski definition) is 1. The molecule has 0 aromatic rings. The third-order valence-corrected chi connectivity index (χ3v) is 1.79. The van der Waals surface area contributed by atoms with Crippen LogP contribution in [-0.2, 0) is 4.74 Å². The molecule has 0 aliphatic heterocycles. The van der Waals surface area contributed by atoms with Crippen molar-refractivity contribution < 1.29 is 9.84 Å². The van der Waals surface area contributed by atoms with Crippen molar-refractivity contribution in [1.82, 2.24) is 0 Å². The van der Waals surface area contributed by atoms with Crippen molar-refractivity contribution in [2.75, 3.05) is 0 Å². The van der Waals surface area contributed by atoms with Gasteiger partial charge in [-0.3, -0.25) is 0 Å². The van der Waals surface area contributed by atoms with Crippen molar-refractivity contribution in [3.05, 3.63) is 11.8 Å². The molecule has 0 heterocycles. The summed E-state index contributed by atoms with van der Waals surface area (Å²) in [6.45, 7) is 12.2. The highest BCUT2D eigenvalue weighted by Gasteiger charge is 2.20. The van der Waals surface area contributed by atoms with Gasteiger partial charge in [-0.25, -0.2) is 0 Å². The Morgan fingerprint density at radius 2 is 1.86 bits per heavy atom. The Morgan fingerprint density at radius 1 is 1.36 bits per heavy atom. The summed E-state index contributed by atoms with van der Waals surface area (Å²) < 4.78 is 5.52. The molecule has 0 saturated heterocycles. The number of hydrogen-bond acceptors (Lipinski definition) is 2. The molecule has 0 aromatic carbocycles. The zero-order valence-electron chi connectivity index (χ0n) is 10.3. The highest BCUT2D eigenvalue weighted by atomic mass is 16.5. The normalized spacial score (nSPS) is 15.9. The van der Waals surface area contributed by atoms with E-state index in [9.17, 15) is 5.11 Å². The van der Waals surface area contributed by atoms with Gasteiger partial charge in [-0.1, -0.05) is 20.8 Å². The third kappa shape index (κ3) is 6.03. The summed E-state index contributed by atoms with van der Waals surface area (Å²) in [5.41, 5.74) is 0.119. The number of aliphatic hydroxyl groups excluding tert-OH is 1. The number of ether oxygens (including phenoxy) is 1. The third-order valence-electron chi connectivity index (χ3n) is 1.79. The SMILES string of the molecule is C/C=C(\OC(C)C)C(O)CC(C)(C)C. The molecular weight excluding hydrogens is 176 g/mol. The molecule has 0 aliphatic rings. The smallest absolute Gasteiger partial charge is 0.121 e. The topological polar surface area (TPSA) is 29.5 Å². The standard InChI is InChI=1S/C12H24O2/c1-7-11(14-9(2)3)10(13)8-12(4,5)6/h7,9-10,13H,8H2,1-6H3/b11-7-. The Labute approximate surface area is 88.0 Å². The van der Waals surface area contributed by atoms with E-state index in [0.29, 0.717) is 5.76 Å². The van der Waals surface area contributed by atoms with Gasteiger partial charge in [-0.15, -0.1) is 0 Å². The van der Waals surface area contributed by atoms with Gasteiger partial charge in [0.05, 0.1) is 6.10 Å². The van der Waals surface area contributed by atoms with Crippen LogP contribution in [-0.4, -0.2) is 17.3 Å². The summed E-state index contributed by atoms with van der Waals surface area (Å²) in [5.74, 6) is 0.690. The maximum atomic E-state index is 9.90.